The van der Waals surface area contributed by atoms with E-state index >= 15 is 0 Å². The van der Waals surface area contributed by atoms with Crippen LogP contribution in [0, 0.1) is 13.8 Å². The summed E-state index contributed by atoms with van der Waals surface area (Å²) in [5.74, 6) is 0. The van der Waals surface area contributed by atoms with Crippen molar-refractivity contribution in [1.29, 1.82) is 0 Å². The molecule has 0 N–H and O–H groups in total. The smallest absolute Gasteiger partial charge is 0.00204 e. The van der Waals surface area contributed by atoms with Crippen molar-refractivity contribution in [3.8, 4) is 22.3 Å². The summed E-state index contributed by atoms with van der Waals surface area (Å²) in [4.78, 5) is 0. The van der Waals surface area contributed by atoms with Gasteiger partial charge in [-0.05, 0) is 74.3 Å². The molecule has 0 radical (unpaired) electrons. The van der Waals surface area contributed by atoms with Crippen LogP contribution < -0.4 is 0 Å². The van der Waals surface area contributed by atoms with E-state index in [-0.39, 0.29) is 0 Å². The zero-order chi connectivity index (χ0) is 20.7. The van der Waals surface area contributed by atoms with Crippen molar-refractivity contribution >= 4 is 27.6 Å². The highest BCUT2D eigenvalue weighted by atomic mass is 14.2. The maximum atomic E-state index is 3.90. The minimum Gasteiger partial charge on any atom is -0.0985 e. The minimum absolute atomic E-state index is 1.14. The molecule has 0 saturated heterocycles. The Kier molecular flexibility index (Phi) is 4.48. The summed E-state index contributed by atoms with van der Waals surface area (Å²) in [6, 6.07) is 33.1. The number of fused-ring (bicyclic) bond motifs is 2. The van der Waals surface area contributed by atoms with Gasteiger partial charge in [-0.25, -0.2) is 0 Å². The van der Waals surface area contributed by atoms with E-state index in [0.29, 0.717) is 0 Å². The first-order valence-corrected chi connectivity index (χ1v) is 10.4. The number of benzene rings is 5. The average Bonchev–Trinajstić information content (AvgIpc) is 2.80. The van der Waals surface area contributed by atoms with E-state index in [1.54, 1.807) is 0 Å². The van der Waals surface area contributed by atoms with Crippen LogP contribution in [0.1, 0.15) is 16.7 Å². The molecule has 0 aromatic heterocycles. The molecule has 0 fully saturated rings. The standard InChI is InChI=1S/C30H24/c1-4-22-14-16-23(17-15-22)29-19-21(3)25-10-6-8-12-27(25)30(29)28-18-13-20(2)24-9-5-7-11-26(24)28/h4-19H,1H2,2-3H3. The van der Waals surface area contributed by atoms with Gasteiger partial charge in [0.1, 0.15) is 0 Å². The zero-order valence-corrected chi connectivity index (χ0v) is 17.4. The van der Waals surface area contributed by atoms with Crippen LogP contribution in [-0.4, -0.2) is 0 Å². The fourth-order valence-electron chi connectivity index (χ4n) is 4.54. The molecule has 0 unspecified atom stereocenters. The monoisotopic (exact) mass is 384 g/mol. The Balaban J connectivity index is 1.93. The van der Waals surface area contributed by atoms with E-state index in [0.717, 1.165) is 5.56 Å². The highest BCUT2D eigenvalue weighted by Gasteiger charge is 2.16. The summed E-state index contributed by atoms with van der Waals surface area (Å²) in [5, 5.41) is 5.22. The Bertz CT molecular complexity index is 1400. The highest BCUT2D eigenvalue weighted by molar-refractivity contribution is 6.11. The van der Waals surface area contributed by atoms with E-state index < -0.39 is 0 Å². The van der Waals surface area contributed by atoms with Gasteiger partial charge in [-0.15, -0.1) is 0 Å². The van der Waals surface area contributed by atoms with E-state index in [9.17, 15) is 0 Å². The van der Waals surface area contributed by atoms with Gasteiger partial charge in [-0.3, -0.25) is 0 Å². The Morgan fingerprint density at radius 3 is 1.83 bits per heavy atom. The molecule has 5 aromatic rings. The summed E-state index contributed by atoms with van der Waals surface area (Å²) in [6.07, 6.45) is 1.89. The van der Waals surface area contributed by atoms with E-state index in [4.69, 9.17) is 0 Å². The highest BCUT2D eigenvalue weighted by Crippen LogP contribution is 2.42. The van der Waals surface area contributed by atoms with Crippen LogP contribution in [0.15, 0.2) is 97.6 Å². The average molecular weight is 385 g/mol. The molecule has 0 nitrogen and oxygen atoms in total. The van der Waals surface area contributed by atoms with Crippen LogP contribution >= 0.6 is 0 Å². The quantitative estimate of drug-likeness (QED) is 0.292. The van der Waals surface area contributed by atoms with E-state index in [1.807, 2.05) is 6.08 Å². The van der Waals surface area contributed by atoms with Crippen molar-refractivity contribution in [3.63, 3.8) is 0 Å². The van der Waals surface area contributed by atoms with Crippen LogP contribution in [0.25, 0.3) is 49.9 Å². The van der Waals surface area contributed by atoms with Gasteiger partial charge in [0.25, 0.3) is 0 Å². The van der Waals surface area contributed by atoms with Crippen molar-refractivity contribution in [2.75, 3.05) is 0 Å². The number of hydrogen-bond donors (Lipinski definition) is 0. The lowest BCUT2D eigenvalue weighted by molar-refractivity contribution is 1.50. The van der Waals surface area contributed by atoms with Gasteiger partial charge in [-0.1, -0.05) is 104 Å². The second-order valence-electron chi connectivity index (χ2n) is 7.96. The molecule has 0 aliphatic heterocycles. The third-order valence-corrected chi connectivity index (χ3v) is 6.12. The molecular formula is C30H24. The molecule has 0 aliphatic carbocycles. The van der Waals surface area contributed by atoms with Crippen LogP contribution in [0.5, 0.6) is 0 Å². The van der Waals surface area contributed by atoms with Gasteiger partial charge in [0.15, 0.2) is 0 Å². The van der Waals surface area contributed by atoms with Gasteiger partial charge in [0, 0.05) is 0 Å². The molecule has 5 rings (SSSR count). The largest absolute Gasteiger partial charge is 0.0985 e. The van der Waals surface area contributed by atoms with Crippen LogP contribution in [-0.2, 0) is 0 Å². The number of aryl methyl sites for hydroxylation is 2. The van der Waals surface area contributed by atoms with Crippen LogP contribution in [0.2, 0.25) is 0 Å². The van der Waals surface area contributed by atoms with Gasteiger partial charge in [-0.2, -0.15) is 0 Å². The van der Waals surface area contributed by atoms with Gasteiger partial charge >= 0.3 is 0 Å². The normalized spacial score (nSPS) is 11.1. The van der Waals surface area contributed by atoms with Crippen molar-refractivity contribution in [2.45, 2.75) is 13.8 Å². The number of rotatable bonds is 3. The SMILES string of the molecule is C=Cc1ccc(-c2cc(C)c3ccccc3c2-c2ccc(C)c3ccccc23)cc1. The molecule has 0 heteroatoms. The molecule has 0 atom stereocenters. The summed E-state index contributed by atoms with van der Waals surface area (Å²) in [7, 11) is 0. The third-order valence-electron chi connectivity index (χ3n) is 6.12. The lowest BCUT2D eigenvalue weighted by Crippen LogP contribution is -1.93. The zero-order valence-electron chi connectivity index (χ0n) is 17.4. The van der Waals surface area contributed by atoms with Crippen molar-refractivity contribution in [3.05, 3.63) is 114 Å². The molecule has 0 bridgehead atoms. The van der Waals surface area contributed by atoms with Crippen molar-refractivity contribution < 1.29 is 0 Å². The van der Waals surface area contributed by atoms with Gasteiger partial charge in [0.2, 0.25) is 0 Å². The lowest BCUT2D eigenvalue weighted by Gasteiger charge is -2.18. The summed E-state index contributed by atoms with van der Waals surface area (Å²) >= 11 is 0. The topological polar surface area (TPSA) is 0 Å². The van der Waals surface area contributed by atoms with Crippen molar-refractivity contribution in [1.82, 2.24) is 0 Å². The van der Waals surface area contributed by atoms with Gasteiger partial charge < -0.3 is 0 Å². The first-order valence-electron chi connectivity index (χ1n) is 10.4. The van der Waals surface area contributed by atoms with E-state index in [2.05, 4.69) is 111 Å². The molecule has 144 valence electrons. The van der Waals surface area contributed by atoms with Gasteiger partial charge in [0.05, 0.1) is 0 Å². The Labute approximate surface area is 178 Å². The molecule has 0 saturated carbocycles. The molecule has 0 aliphatic rings. The predicted octanol–water partition coefficient (Wildman–Crippen LogP) is 8.59. The Morgan fingerprint density at radius 1 is 0.567 bits per heavy atom. The molecule has 30 heavy (non-hydrogen) atoms. The molecule has 0 heterocycles. The van der Waals surface area contributed by atoms with Crippen LogP contribution in [0.4, 0.5) is 0 Å². The maximum Gasteiger partial charge on any atom is -0.00204 e. The molecule has 5 aromatic carbocycles. The Hall–Kier alpha value is -3.64. The minimum atomic E-state index is 1.14. The second-order valence-corrected chi connectivity index (χ2v) is 7.96. The number of hydrogen-bond acceptors (Lipinski definition) is 0. The Morgan fingerprint density at radius 2 is 1.17 bits per heavy atom. The molecule has 0 spiro atoms. The molecule has 0 amide bonds. The van der Waals surface area contributed by atoms with E-state index in [1.165, 1.54) is 54.9 Å². The van der Waals surface area contributed by atoms with Crippen molar-refractivity contribution in [2.24, 2.45) is 0 Å². The predicted molar refractivity (Wildman–Crippen MR) is 132 cm³/mol. The van der Waals surface area contributed by atoms with Crippen LogP contribution in [0.3, 0.4) is 0 Å². The fraction of sp³-hybridized carbons (Fsp3) is 0.0667. The molecular weight excluding hydrogens is 360 g/mol. The first kappa shape index (κ1) is 18.4. The third kappa shape index (κ3) is 2.93. The first-order chi connectivity index (χ1) is 14.7. The second kappa shape index (κ2) is 7.31. The summed E-state index contributed by atoms with van der Waals surface area (Å²) in [5.41, 5.74) is 8.84. The fourth-order valence-corrected chi connectivity index (χ4v) is 4.54. The summed E-state index contributed by atoms with van der Waals surface area (Å²) < 4.78 is 0. The lowest BCUT2D eigenvalue weighted by atomic mass is 9.85. The maximum absolute atomic E-state index is 3.90. The summed E-state index contributed by atoms with van der Waals surface area (Å²) in [6.45, 7) is 8.29.